The number of aromatic nitrogens is 2. The van der Waals surface area contributed by atoms with Crippen molar-refractivity contribution in [1.82, 2.24) is 15.3 Å². The van der Waals surface area contributed by atoms with Crippen molar-refractivity contribution in [3.05, 3.63) is 47.4 Å². The Morgan fingerprint density at radius 2 is 2.17 bits per heavy atom. The number of hydrogen-bond donors (Lipinski definition) is 3. The van der Waals surface area contributed by atoms with Crippen LogP contribution in [0.4, 0.5) is 10.2 Å². The van der Waals surface area contributed by atoms with Crippen molar-refractivity contribution in [2.45, 2.75) is 18.9 Å². The zero-order valence-electron chi connectivity index (χ0n) is 13.5. The van der Waals surface area contributed by atoms with Crippen molar-refractivity contribution in [2.24, 2.45) is 0 Å². The molecule has 6 nitrogen and oxygen atoms in total. The summed E-state index contributed by atoms with van der Waals surface area (Å²) in [7, 11) is 1.72. The lowest BCUT2D eigenvalue weighted by atomic mass is 10.0. The number of halogens is 1. The predicted octanol–water partition coefficient (Wildman–Crippen LogP) is 2.20. The molecule has 0 bridgehead atoms. The molecule has 1 fully saturated rings. The van der Waals surface area contributed by atoms with Crippen molar-refractivity contribution >= 4 is 11.5 Å². The summed E-state index contributed by atoms with van der Waals surface area (Å²) in [5.74, 6) is 0.109. The van der Waals surface area contributed by atoms with Gasteiger partial charge in [0.2, 0.25) is 0 Å². The molecule has 1 aromatic heterocycles. The highest BCUT2D eigenvalue weighted by molar-refractivity contribution is 6.13. The van der Waals surface area contributed by atoms with Crippen LogP contribution >= 0.6 is 0 Å². The van der Waals surface area contributed by atoms with Gasteiger partial charge in [-0.15, -0.1) is 0 Å². The Morgan fingerprint density at radius 3 is 2.88 bits per heavy atom. The maximum Gasteiger partial charge on any atom is 0.318 e. The molecule has 1 saturated heterocycles. The molecule has 126 valence electrons. The van der Waals surface area contributed by atoms with Crippen LogP contribution in [0.1, 0.15) is 24.0 Å². The number of anilines is 1. The monoisotopic (exact) mass is 329 g/mol. The van der Waals surface area contributed by atoms with Crippen LogP contribution in [0.3, 0.4) is 0 Å². The number of ether oxygens (including phenoxy) is 1. The molecule has 0 unspecified atom stereocenters. The van der Waals surface area contributed by atoms with Crippen LogP contribution in [-0.2, 0) is 0 Å². The average molecular weight is 329 g/mol. The fraction of sp³-hybridized carbons (Fsp3) is 0.353. The Kier molecular flexibility index (Phi) is 5.00. The minimum absolute atomic E-state index is 0.101. The third kappa shape index (κ3) is 3.68. The highest BCUT2D eigenvalue weighted by Gasteiger charge is 2.18. The van der Waals surface area contributed by atoms with Crippen LogP contribution in [-0.4, -0.2) is 41.9 Å². The lowest BCUT2D eigenvalue weighted by Gasteiger charge is -2.23. The second kappa shape index (κ2) is 7.35. The first-order valence-corrected chi connectivity index (χ1v) is 7.94. The van der Waals surface area contributed by atoms with Gasteiger partial charge in [-0.05, 0) is 38.1 Å². The summed E-state index contributed by atoms with van der Waals surface area (Å²) in [6.45, 7) is 1.84. The summed E-state index contributed by atoms with van der Waals surface area (Å²) in [4.78, 5) is 8.58. The molecule has 0 atom stereocenters. The van der Waals surface area contributed by atoms with E-state index in [0.717, 1.165) is 25.9 Å². The first-order valence-electron chi connectivity index (χ1n) is 7.94. The maximum atomic E-state index is 13.4. The van der Waals surface area contributed by atoms with Crippen molar-refractivity contribution < 1.29 is 9.13 Å². The second-order valence-corrected chi connectivity index (χ2v) is 5.62. The molecule has 1 aliphatic heterocycles. The van der Waals surface area contributed by atoms with Gasteiger partial charge in [0, 0.05) is 18.8 Å². The van der Waals surface area contributed by atoms with Crippen LogP contribution in [0.15, 0.2) is 30.5 Å². The van der Waals surface area contributed by atoms with E-state index in [2.05, 4.69) is 20.6 Å². The molecule has 0 aliphatic carbocycles. The van der Waals surface area contributed by atoms with E-state index in [0.29, 0.717) is 23.0 Å². The summed E-state index contributed by atoms with van der Waals surface area (Å²) in [5.41, 5.74) is 1.13. The average Bonchev–Trinajstić information content (AvgIpc) is 2.62. The predicted molar refractivity (Wildman–Crippen MR) is 90.4 cm³/mol. The number of nitrogens with one attached hydrogen (secondary N) is 3. The van der Waals surface area contributed by atoms with E-state index >= 15 is 0 Å². The van der Waals surface area contributed by atoms with Gasteiger partial charge in [-0.2, -0.15) is 4.98 Å². The van der Waals surface area contributed by atoms with E-state index < -0.39 is 0 Å². The van der Waals surface area contributed by atoms with Gasteiger partial charge in [0.1, 0.15) is 17.7 Å². The maximum absolute atomic E-state index is 13.4. The number of benzene rings is 1. The summed E-state index contributed by atoms with van der Waals surface area (Å²) >= 11 is 0. The van der Waals surface area contributed by atoms with E-state index in [9.17, 15) is 4.39 Å². The Bertz CT molecular complexity index is 731. The van der Waals surface area contributed by atoms with Gasteiger partial charge in [-0.25, -0.2) is 9.37 Å². The van der Waals surface area contributed by atoms with Crippen LogP contribution < -0.4 is 15.4 Å². The van der Waals surface area contributed by atoms with Crippen LogP contribution in [0.2, 0.25) is 0 Å². The fourth-order valence-corrected chi connectivity index (χ4v) is 2.66. The van der Waals surface area contributed by atoms with Crippen molar-refractivity contribution in [3.63, 3.8) is 0 Å². The van der Waals surface area contributed by atoms with Gasteiger partial charge in [0.25, 0.3) is 0 Å². The standard InChI is InChI=1S/C17H20FN5O/c1-20-16-14(15(19)11-3-2-4-12(18)9-11)10-22-17(23-16)24-13-5-7-21-8-6-13/h2-4,9-10,13,19,21H,5-8H2,1H3,(H,20,22,23). The summed E-state index contributed by atoms with van der Waals surface area (Å²) in [5, 5.41) is 14.5. The van der Waals surface area contributed by atoms with Gasteiger partial charge in [0.05, 0.1) is 11.3 Å². The molecule has 0 saturated carbocycles. The van der Waals surface area contributed by atoms with Gasteiger partial charge >= 0.3 is 6.01 Å². The van der Waals surface area contributed by atoms with Gasteiger partial charge < -0.3 is 15.4 Å². The molecule has 24 heavy (non-hydrogen) atoms. The van der Waals surface area contributed by atoms with Crippen LogP contribution in [0.5, 0.6) is 6.01 Å². The molecule has 0 radical (unpaired) electrons. The van der Waals surface area contributed by atoms with Crippen molar-refractivity contribution in [3.8, 4) is 6.01 Å². The molecule has 3 rings (SSSR count). The first kappa shape index (κ1) is 16.3. The first-order chi connectivity index (χ1) is 11.7. The zero-order valence-corrected chi connectivity index (χ0v) is 13.5. The van der Waals surface area contributed by atoms with E-state index in [1.165, 1.54) is 12.1 Å². The number of rotatable bonds is 5. The largest absolute Gasteiger partial charge is 0.460 e. The Labute approximate surface area is 140 Å². The SMILES string of the molecule is CNc1nc(OC2CCNCC2)ncc1C(=N)c1cccc(F)c1. The molecule has 0 amide bonds. The minimum Gasteiger partial charge on any atom is -0.460 e. The van der Waals surface area contributed by atoms with Crippen LogP contribution in [0.25, 0.3) is 0 Å². The molecular weight excluding hydrogens is 309 g/mol. The normalized spacial score (nSPS) is 15.1. The number of hydrogen-bond acceptors (Lipinski definition) is 6. The molecule has 2 heterocycles. The van der Waals surface area contributed by atoms with Crippen molar-refractivity contribution in [1.29, 1.82) is 5.41 Å². The summed E-state index contributed by atoms with van der Waals surface area (Å²) in [6.07, 6.45) is 3.48. The van der Waals surface area contributed by atoms with Gasteiger partial charge in [0.15, 0.2) is 0 Å². The summed E-state index contributed by atoms with van der Waals surface area (Å²) < 4.78 is 19.2. The fourth-order valence-electron chi connectivity index (χ4n) is 2.66. The van der Waals surface area contributed by atoms with E-state index in [-0.39, 0.29) is 17.6 Å². The lowest BCUT2D eigenvalue weighted by Crippen LogP contribution is -2.34. The third-order valence-corrected chi connectivity index (χ3v) is 3.94. The van der Waals surface area contributed by atoms with E-state index in [1.54, 1.807) is 25.4 Å². The number of piperidine rings is 1. The quantitative estimate of drug-likeness (QED) is 0.733. The minimum atomic E-state index is -0.380. The molecule has 0 spiro atoms. The molecule has 1 aliphatic rings. The molecule has 7 heteroatoms. The smallest absolute Gasteiger partial charge is 0.318 e. The lowest BCUT2D eigenvalue weighted by molar-refractivity contribution is 0.149. The molecule has 2 aromatic rings. The molecule has 1 aromatic carbocycles. The van der Waals surface area contributed by atoms with E-state index in [4.69, 9.17) is 10.1 Å². The highest BCUT2D eigenvalue weighted by atomic mass is 19.1. The van der Waals surface area contributed by atoms with Gasteiger partial charge in [-0.1, -0.05) is 12.1 Å². The number of nitrogens with zero attached hydrogens (tertiary/aromatic N) is 2. The zero-order chi connectivity index (χ0) is 16.9. The molecule has 3 N–H and O–H groups in total. The highest BCUT2D eigenvalue weighted by Crippen LogP contribution is 2.20. The second-order valence-electron chi connectivity index (χ2n) is 5.62. The Balaban J connectivity index is 1.82. The van der Waals surface area contributed by atoms with Crippen molar-refractivity contribution in [2.75, 3.05) is 25.5 Å². The Morgan fingerprint density at radius 1 is 1.38 bits per heavy atom. The summed E-state index contributed by atoms with van der Waals surface area (Å²) in [6, 6.07) is 6.23. The van der Waals surface area contributed by atoms with Gasteiger partial charge in [-0.3, -0.25) is 5.41 Å². The van der Waals surface area contributed by atoms with E-state index in [1.807, 2.05) is 0 Å². The third-order valence-electron chi connectivity index (χ3n) is 3.94. The van der Waals surface area contributed by atoms with Crippen LogP contribution in [0, 0.1) is 11.2 Å². The topological polar surface area (TPSA) is 82.9 Å². The molecular formula is C17H20FN5O. The Hall–Kier alpha value is -2.54.